The first-order valence-electron chi connectivity index (χ1n) is 22.1. The first kappa shape index (κ1) is 53.3. The van der Waals surface area contributed by atoms with Crippen molar-refractivity contribution in [1.82, 2.24) is 0 Å². The molecule has 334 valence electrons. The van der Waals surface area contributed by atoms with Crippen molar-refractivity contribution in [2.45, 2.75) is 224 Å². The van der Waals surface area contributed by atoms with Crippen molar-refractivity contribution in [1.29, 1.82) is 0 Å². The van der Waals surface area contributed by atoms with Gasteiger partial charge in [-0.1, -0.05) is 128 Å². The molecule has 1 saturated carbocycles. The number of hydrogen-bond acceptors (Lipinski definition) is 12. The molecule has 57 heavy (non-hydrogen) atoms. The van der Waals surface area contributed by atoms with Gasteiger partial charge in [-0.2, -0.15) is 0 Å². The Bertz CT molecular complexity index is 1100. The fraction of sp³-hybridized carbons (Fsp3) is 0.860. The monoisotopic (exact) mass is 835 g/mol. The van der Waals surface area contributed by atoms with Crippen LogP contribution in [0, 0.1) is 0 Å². The van der Waals surface area contributed by atoms with Gasteiger partial charge in [-0.05, 0) is 64.2 Å². The summed E-state index contributed by atoms with van der Waals surface area (Å²) in [4.78, 5) is 35.6. The second kappa shape index (κ2) is 34.1. The maximum absolute atomic E-state index is 12.8. The van der Waals surface area contributed by atoms with E-state index >= 15 is 0 Å². The van der Waals surface area contributed by atoms with Crippen LogP contribution in [-0.2, 0) is 32.7 Å². The third kappa shape index (κ3) is 26.9. The van der Waals surface area contributed by atoms with E-state index < -0.39 is 75.7 Å². The summed E-state index contributed by atoms with van der Waals surface area (Å²) in [5.41, 5.74) is 0. The van der Waals surface area contributed by atoms with Crippen LogP contribution < -0.4 is 0 Å². The molecule has 0 radical (unpaired) electrons. The number of phosphoric acid groups is 1. The van der Waals surface area contributed by atoms with Crippen molar-refractivity contribution < 1.29 is 63.1 Å². The van der Waals surface area contributed by atoms with Gasteiger partial charge in [0, 0.05) is 12.8 Å². The standard InChI is InChI=1S/C43H79O13P/c1-3-5-7-9-11-13-15-17-18-20-21-23-25-27-29-31-36(44)53-33-35(34-54-57(51,52)56-43-41(49)39(47)38(46)40(48)42(43)50)55-37(45)32-30-28-26-24-22-19-16-14-12-10-8-6-4-2/h14,16-18,35,38-43,46-50H,3-13,15,19-34H2,1-2H3,(H,51,52). The molecule has 0 saturated heterocycles. The molecule has 0 aromatic rings. The minimum atomic E-state index is -5.12. The average molecular weight is 835 g/mol. The zero-order chi connectivity index (χ0) is 42.2. The van der Waals surface area contributed by atoms with Crippen molar-refractivity contribution in [2.75, 3.05) is 13.2 Å². The highest BCUT2D eigenvalue weighted by Crippen LogP contribution is 2.47. The van der Waals surface area contributed by atoms with Crippen LogP contribution in [0.25, 0.3) is 0 Å². The van der Waals surface area contributed by atoms with Gasteiger partial charge in [0.05, 0.1) is 6.61 Å². The van der Waals surface area contributed by atoms with E-state index in [2.05, 4.69) is 38.2 Å². The highest BCUT2D eigenvalue weighted by atomic mass is 31.2. The van der Waals surface area contributed by atoms with Gasteiger partial charge in [0.2, 0.25) is 0 Å². The molecule has 0 spiro atoms. The van der Waals surface area contributed by atoms with Crippen molar-refractivity contribution in [2.24, 2.45) is 0 Å². The first-order valence-corrected chi connectivity index (χ1v) is 23.6. The molecule has 0 aliphatic heterocycles. The Hall–Kier alpha value is -1.67. The summed E-state index contributed by atoms with van der Waals surface area (Å²) in [5, 5.41) is 50.1. The Morgan fingerprint density at radius 1 is 0.526 bits per heavy atom. The Balaban J connectivity index is 2.49. The number of unbranched alkanes of at least 4 members (excludes halogenated alkanes) is 20. The highest BCUT2D eigenvalue weighted by molar-refractivity contribution is 7.47. The second-order valence-corrected chi connectivity index (χ2v) is 16.9. The lowest BCUT2D eigenvalue weighted by Crippen LogP contribution is -2.64. The molecule has 1 aliphatic rings. The van der Waals surface area contributed by atoms with Gasteiger partial charge >= 0.3 is 19.8 Å². The molecule has 0 heterocycles. The Morgan fingerprint density at radius 3 is 1.35 bits per heavy atom. The van der Waals surface area contributed by atoms with E-state index in [9.17, 15) is 44.6 Å². The van der Waals surface area contributed by atoms with Crippen LogP contribution in [0.4, 0.5) is 0 Å². The predicted molar refractivity (Wildman–Crippen MR) is 221 cm³/mol. The van der Waals surface area contributed by atoms with Gasteiger partial charge < -0.3 is 39.9 Å². The van der Waals surface area contributed by atoms with E-state index in [4.69, 9.17) is 18.5 Å². The number of carbonyl (C=O) groups excluding carboxylic acids is 2. The summed E-state index contributed by atoms with van der Waals surface area (Å²) >= 11 is 0. The van der Waals surface area contributed by atoms with Crippen LogP contribution in [0.15, 0.2) is 24.3 Å². The SMILES string of the molecule is CCCCCCC=CCCCCCCCC(=O)OC(COC(=O)CCCCCCCC=CCCCCCCCC)COP(=O)(O)OC1C(O)C(O)C(O)C(O)C1O. The van der Waals surface area contributed by atoms with Crippen molar-refractivity contribution in [3.63, 3.8) is 0 Å². The Kier molecular flexibility index (Phi) is 31.9. The molecule has 0 aromatic heterocycles. The molecular formula is C43H79O13P. The zero-order valence-corrected chi connectivity index (χ0v) is 36.0. The minimum Gasteiger partial charge on any atom is -0.462 e. The summed E-state index contributed by atoms with van der Waals surface area (Å²) < 4.78 is 33.4. The lowest BCUT2D eigenvalue weighted by atomic mass is 9.85. The normalized spacial score (nSPS) is 22.9. The zero-order valence-electron chi connectivity index (χ0n) is 35.1. The summed E-state index contributed by atoms with van der Waals surface area (Å²) in [7, 11) is -5.12. The van der Waals surface area contributed by atoms with E-state index in [0.717, 1.165) is 77.0 Å². The molecule has 1 fully saturated rings. The van der Waals surface area contributed by atoms with E-state index in [1.165, 1.54) is 64.2 Å². The third-order valence-corrected chi connectivity index (χ3v) is 11.3. The Labute approximate surface area is 343 Å². The van der Waals surface area contributed by atoms with E-state index in [1.54, 1.807) is 0 Å². The van der Waals surface area contributed by atoms with Crippen LogP contribution in [-0.4, -0.2) is 98.3 Å². The molecule has 6 atom stereocenters. The molecule has 0 aromatic carbocycles. The topological polar surface area (TPSA) is 210 Å². The number of allylic oxidation sites excluding steroid dienone is 4. The lowest BCUT2D eigenvalue weighted by molar-refractivity contribution is -0.220. The quantitative estimate of drug-likeness (QED) is 0.0153. The molecule has 14 heteroatoms. The van der Waals surface area contributed by atoms with Crippen molar-refractivity contribution in [3.05, 3.63) is 24.3 Å². The predicted octanol–water partition coefficient (Wildman–Crippen LogP) is 8.06. The molecular weight excluding hydrogens is 755 g/mol. The highest BCUT2D eigenvalue weighted by Gasteiger charge is 2.51. The molecule has 0 bridgehead atoms. The number of aliphatic hydroxyl groups excluding tert-OH is 5. The first-order chi connectivity index (χ1) is 27.4. The molecule has 1 rings (SSSR count). The largest absolute Gasteiger partial charge is 0.472 e. The van der Waals surface area contributed by atoms with Gasteiger partial charge in [-0.3, -0.25) is 18.6 Å². The smallest absolute Gasteiger partial charge is 0.462 e. The van der Waals surface area contributed by atoms with Crippen LogP contribution >= 0.6 is 7.82 Å². The van der Waals surface area contributed by atoms with E-state index in [1.807, 2.05) is 0 Å². The van der Waals surface area contributed by atoms with E-state index in [0.29, 0.717) is 12.8 Å². The number of hydrogen-bond donors (Lipinski definition) is 6. The third-order valence-electron chi connectivity index (χ3n) is 10.3. The van der Waals surface area contributed by atoms with Gasteiger partial charge in [0.15, 0.2) is 6.10 Å². The van der Waals surface area contributed by atoms with Gasteiger partial charge in [-0.15, -0.1) is 0 Å². The molecule has 6 unspecified atom stereocenters. The van der Waals surface area contributed by atoms with Crippen LogP contribution in [0.3, 0.4) is 0 Å². The van der Waals surface area contributed by atoms with Gasteiger partial charge in [0.25, 0.3) is 0 Å². The maximum atomic E-state index is 12.8. The number of aliphatic hydroxyl groups is 5. The number of rotatable bonds is 36. The number of ether oxygens (including phenoxy) is 2. The van der Waals surface area contributed by atoms with Crippen LogP contribution in [0.1, 0.15) is 181 Å². The van der Waals surface area contributed by atoms with Crippen LogP contribution in [0.5, 0.6) is 0 Å². The van der Waals surface area contributed by atoms with Gasteiger partial charge in [-0.25, -0.2) is 4.57 Å². The summed E-state index contributed by atoms with van der Waals surface area (Å²) in [5.74, 6) is -1.12. The number of esters is 2. The summed E-state index contributed by atoms with van der Waals surface area (Å²) in [6, 6.07) is 0. The molecule has 13 nitrogen and oxygen atoms in total. The summed E-state index contributed by atoms with van der Waals surface area (Å²) in [6.45, 7) is 3.25. The molecule has 6 N–H and O–H groups in total. The van der Waals surface area contributed by atoms with E-state index in [-0.39, 0.29) is 12.8 Å². The number of phosphoric ester groups is 1. The average Bonchev–Trinajstić information content (AvgIpc) is 3.19. The Morgan fingerprint density at radius 2 is 0.895 bits per heavy atom. The van der Waals surface area contributed by atoms with Crippen molar-refractivity contribution >= 4 is 19.8 Å². The van der Waals surface area contributed by atoms with Crippen molar-refractivity contribution in [3.8, 4) is 0 Å². The fourth-order valence-corrected chi connectivity index (χ4v) is 7.60. The maximum Gasteiger partial charge on any atom is 0.472 e. The summed E-state index contributed by atoms with van der Waals surface area (Å²) in [6.07, 6.45) is 22.4. The van der Waals surface area contributed by atoms with Crippen LogP contribution in [0.2, 0.25) is 0 Å². The molecule has 0 amide bonds. The fourth-order valence-electron chi connectivity index (χ4n) is 6.63. The lowest BCUT2D eigenvalue weighted by Gasteiger charge is -2.41. The molecule has 1 aliphatic carbocycles. The second-order valence-electron chi connectivity index (χ2n) is 15.5. The minimum absolute atomic E-state index is 0.0862. The number of carbonyl (C=O) groups is 2. The van der Waals surface area contributed by atoms with Gasteiger partial charge in [0.1, 0.15) is 43.2 Å².